The number of amides is 4. The van der Waals surface area contributed by atoms with Crippen molar-refractivity contribution in [2.75, 3.05) is 11.9 Å². The Kier molecular flexibility index (Phi) is 6.43. The van der Waals surface area contributed by atoms with E-state index in [2.05, 4.69) is 15.7 Å². The minimum absolute atomic E-state index is 0.0741. The van der Waals surface area contributed by atoms with Crippen LogP contribution in [0, 0.1) is 0 Å². The monoisotopic (exact) mass is 485 g/mol. The fourth-order valence-corrected chi connectivity index (χ4v) is 3.66. The summed E-state index contributed by atoms with van der Waals surface area (Å²) in [6, 6.07) is 11.3. The van der Waals surface area contributed by atoms with Crippen LogP contribution in [-0.4, -0.2) is 44.9 Å². The number of fused-ring (bicyclic) bond motifs is 1. The molecule has 2 aromatic carbocycles. The van der Waals surface area contributed by atoms with Gasteiger partial charge in [0.25, 0.3) is 11.8 Å². The van der Waals surface area contributed by atoms with Gasteiger partial charge >= 0.3 is 0 Å². The molecule has 0 bridgehead atoms. The summed E-state index contributed by atoms with van der Waals surface area (Å²) >= 11 is 11.9. The van der Waals surface area contributed by atoms with Crippen molar-refractivity contribution < 1.29 is 19.2 Å². The first-order valence-electron chi connectivity index (χ1n) is 9.80. The zero-order valence-corrected chi connectivity index (χ0v) is 18.6. The van der Waals surface area contributed by atoms with Gasteiger partial charge in [-0.1, -0.05) is 35.3 Å². The summed E-state index contributed by atoms with van der Waals surface area (Å²) in [7, 11) is 0. The molecule has 0 saturated heterocycles. The Hall–Kier alpha value is -3.69. The lowest BCUT2D eigenvalue weighted by atomic mass is 10.1. The largest absolute Gasteiger partial charge is 0.350 e. The van der Waals surface area contributed by atoms with Crippen molar-refractivity contribution >= 4 is 52.5 Å². The topological polar surface area (TPSA) is 113 Å². The molecule has 1 aromatic heterocycles. The van der Waals surface area contributed by atoms with E-state index in [1.807, 2.05) is 0 Å². The summed E-state index contributed by atoms with van der Waals surface area (Å²) in [5, 5.41) is 9.72. The molecule has 2 heterocycles. The highest BCUT2D eigenvalue weighted by molar-refractivity contribution is 6.43. The third kappa shape index (κ3) is 5.05. The summed E-state index contributed by atoms with van der Waals surface area (Å²) < 4.78 is 1.50. The van der Waals surface area contributed by atoms with Crippen LogP contribution >= 0.6 is 23.2 Å². The molecule has 0 saturated carbocycles. The van der Waals surface area contributed by atoms with Gasteiger partial charge in [0, 0.05) is 24.6 Å². The van der Waals surface area contributed by atoms with E-state index in [4.69, 9.17) is 23.2 Å². The number of nitrogens with zero attached hydrogens (tertiary/aromatic N) is 3. The lowest BCUT2D eigenvalue weighted by molar-refractivity contribution is -0.121. The van der Waals surface area contributed by atoms with Crippen molar-refractivity contribution in [2.24, 2.45) is 0 Å². The minimum Gasteiger partial charge on any atom is -0.350 e. The van der Waals surface area contributed by atoms with Crippen LogP contribution in [0.15, 0.2) is 54.9 Å². The number of halogens is 2. The Morgan fingerprint density at radius 3 is 2.24 bits per heavy atom. The number of rotatable bonds is 7. The average Bonchev–Trinajstić information content (AvgIpc) is 3.36. The summed E-state index contributed by atoms with van der Waals surface area (Å²) in [5.74, 6) is -1.98. The van der Waals surface area contributed by atoms with Crippen LogP contribution in [-0.2, 0) is 22.7 Å². The number of carbonyl (C=O) groups excluding carboxylic acids is 4. The molecule has 1 aliphatic heterocycles. The maximum atomic E-state index is 12.5. The van der Waals surface area contributed by atoms with Crippen LogP contribution in [0.2, 0.25) is 10.0 Å². The van der Waals surface area contributed by atoms with Crippen molar-refractivity contribution in [3.8, 4) is 0 Å². The molecular formula is C22H17Cl2N5O4. The van der Waals surface area contributed by atoms with Crippen LogP contribution < -0.4 is 10.6 Å². The first-order valence-corrected chi connectivity index (χ1v) is 10.6. The lowest BCUT2D eigenvalue weighted by Gasteiger charge is -2.14. The second-order valence-corrected chi connectivity index (χ2v) is 8.05. The molecule has 33 heavy (non-hydrogen) atoms. The molecule has 4 rings (SSSR count). The highest BCUT2D eigenvalue weighted by Gasteiger charge is 2.37. The fraction of sp³-hybridized carbons (Fsp3) is 0.136. The smallest absolute Gasteiger partial charge is 0.262 e. The van der Waals surface area contributed by atoms with E-state index >= 15 is 0 Å². The predicted octanol–water partition coefficient (Wildman–Crippen LogP) is 2.74. The Labute approximate surface area is 198 Å². The second-order valence-electron chi connectivity index (χ2n) is 7.24. The molecule has 3 aromatic rings. The highest BCUT2D eigenvalue weighted by Crippen LogP contribution is 2.31. The molecular weight excluding hydrogens is 469 g/mol. The van der Waals surface area contributed by atoms with E-state index in [0.29, 0.717) is 5.69 Å². The molecule has 9 nitrogen and oxygen atoms in total. The van der Waals surface area contributed by atoms with Crippen LogP contribution in [0.5, 0.6) is 0 Å². The molecule has 0 radical (unpaired) electrons. The van der Waals surface area contributed by atoms with Gasteiger partial charge in [-0.25, -0.2) is 0 Å². The standard InChI is InChI=1S/C22H17Cl2N5O4/c23-17-8-15-16(9-18(17)24)22(33)29(21(15)32)12-19(30)25-10-13-3-1-4-14(7-13)27-20(31)11-28-6-2-5-26-28/h1-9H,10-12H2,(H,25,30)(H,27,31). The zero-order valence-electron chi connectivity index (χ0n) is 17.0. The molecule has 1 aliphatic rings. The van der Waals surface area contributed by atoms with Gasteiger partial charge in [0.05, 0.1) is 21.2 Å². The number of imide groups is 1. The highest BCUT2D eigenvalue weighted by atomic mass is 35.5. The number of hydrogen-bond donors (Lipinski definition) is 2. The Morgan fingerprint density at radius 1 is 0.909 bits per heavy atom. The van der Waals surface area contributed by atoms with Crippen LogP contribution in [0.4, 0.5) is 5.69 Å². The third-order valence-electron chi connectivity index (χ3n) is 4.88. The van der Waals surface area contributed by atoms with E-state index in [9.17, 15) is 19.2 Å². The first-order chi connectivity index (χ1) is 15.8. The maximum absolute atomic E-state index is 12.5. The first kappa shape index (κ1) is 22.5. The molecule has 4 amide bonds. The van der Waals surface area contributed by atoms with Gasteiger partial charge in [-0.2, -0.15) is 5.10 Å². The number of aromatic nitrogens is 2. The molecule has 0 fully saturated rings. The number of benzene rings is 2. The predicted molar refractivity (Wildman–Crippen MR) is 121 cm³/mol. The molecule has 0 atom stereocenters. The molecule has 168 valence electrons. The van der Waals surface area contributed by atoms with Crippen molar-refractivity contribution in [2.45, 2.75) is 13.1 Å². The maximum Gasteiger partial charge on any atom is 0.262 e. The van der Waals surface area contributed by atoms with Gasteiger partial charge in [-0.05, 0) is 35.9 Å². The van der Waals surface area contributed by atoms with E-state index < -0.39 is 24.3 Å². The summed E-state index contributed by atoms with van der Waals surface area (Å²) in [6.45, 7) is -0.227. The quantitative estimate of drug-likeness (QED) is 0.499. The third-order valence-corrected chi connectivity index (χ3v) is 5.60. The minimum atomic E-state index is -0.606. The number of hydrogen-bond acceptors (Lipinski definition) is 5. The average molecular weight is 486 g/mol. The number of anilines is 1. The van der Waals surface area contributed by atoms with E-state index in [-0.39, 0.29) is 40.2 Å². The Morgan fingerprint density at radius 2 is 1.61 bits per heavy atom. The zero-order chi connectivity index (χ0) is 23.5. The summed E-state index contributed by atoms with van der Waals surface area (Å²) in [6.07, 6.45) is 3.27. The fourth-order valence-electron chi connectivity index (χ4n) is 3.33. The molecule has 0 unspecified atom stereocenters. The van der Waals surface area contributed by atoms with E-state index in [1.54, 1.807) is 42.7 Å². The van der Waals surface area contributed by atoms with Gasteiger partial charge in [-0.3, -0.25) is 28.8 Å². The molecule has 0 aliphatic carbocycles. The van der Waals surface area contributed by atoms with Crippen molar-refractivity contribution in [1.82, 2.24) is 20.0 Å². The van der Waals surface area contributed by atoms with Crippen LogP contribution in [0.1, 0.15) is 26.3 Å². The summed E-state index contributed by atoms with van der Waals surface area (Å²) in [5.41, 5.74) is 1.51. The van der Waals surface area contributed by atoms with Crippen molar-refractivity contribution in [3.05, 3.63) is 81.6 Å². The Balaban J connectivity index is 1.33. The SMILES string of the molecule is O=C(CN1C(=O)c2cc(Cl)c(Cl)cc2C1=O)NCc1cccc(NC(=O)Cn2cccn2)c1. The van der Waals surface area contributed by atoms with E-state index in [1.165, 1.54) is 16.8 Å². The van der Waals surface area contributed by atoms with E-state index in [0.717, 1.165) is 10.5 Å². The normalized spacial score (nSPS) is 12.6. The van der Waals surface area contributed by atoms with Crippen LogP contribution in [0.25, 0.3) is 0 Å². The van der Waals surface area contributed by atoms with Gasteiger partial charge in [-0.15, -0.1) is 0 Å². The van der Waals surface area contributed by atoms with Gasteiger partial charge in [0.15, 0.2) is 0 Å². The van der Waals surface area contributed by atoms with Crippen LogP contribution in [0.3, 0.4) is 0 Å². The lowest BCUT2D eigenvalue weighted by Crippen LogP contribution is -2.40. The molecule has 0 spiro atoms. The molecule has 11 heteroatoms. The number of nitrogens with one attached hydrogen (secondary N) is 2. The number of carbonyl (C=O) groups is 4. The Bertz CT molecular complexity index is 1220. The molecule has 2 N–H and O–H groups in total. The second kappa shape index (κ2) is 9.43. The van der Waals surface area contributed by atoms with Gasteiger partial charge in [0.1, 0.15) is 13.1 Å². The van der Waals surface area contributed by atoms with Crippen molar-refractivity contribution in [3.63, 3.8) is 0 Å². The summed E-state index contributed by atoms with van der Waals surface area (Å²) in [4.78, 5) is 50.4. The van der Waals surface area contributed by atoms with Gasteiger partial charge in [0.2, 0.25) is 11.8 Å². The van der Waals surface area contributed by atoms with Gasteiger partial charge < -0.3 is 10.6 Å². The van der Waals surface area contributed by atoms with Crippen molar-refractivity contribution in [1.29, 1.82) is 0 Å².